The number of hydrogen-bond acceptors (Lipinski definition) is 7. The lowest BCUT2D eigenvalue weighted by atomic mass is 10.1. The van der Waals surface area contributed by atoms with Crippen molar-refractivity contribution >= 4 is 39.1 Å². The number of alkyl halides is 3. The van der Waals surface area contributed by atoms with Crippen molar-refractivity contribution in [2.45, 2.75) is 25.4 Å². The van der Waals surface area contributed by atoms with Crippen LogP contribution < -0.4 is 10.1 Å². The lowest BCUT2D eigenvalue weighted by Crippen LogP contribution is -2.22. The number of hydrogen-bond donors (Lipinski definition) is 1. The van der Waals surface area contributed by atoms with Gasteiger partial charge in [0.25, 0.3) is 5.91 Å². The van der Waals surface area contributed by atoms with Crippen molar-refractivity contribution in [2.75, 3.05) is 32.2 Å². The lowest BCUT2D eigenvalue weighted by Gasteiger charge is -2.15. The smallest absolute Gasteiger partial charge is 0.416 e. The molecule has 34 heavy (non-hydrogen) atoms. The number of carbonyl (C=O) groups excluding carboxylic acids is 2. The second kappa shape index (κ2) is 11.8. The molecule has 1 N–H and O–H groups in total. The number of thiazole rings is 1. The first-order valence-corrected chi connectivity index (χ1v) is 11.2. The predicted molar refractivity (Wildman–Crippen MR) is 121 cm³/mol. The Kier molecular flexibility index (Phi) is 8.83. The molecule has 0 aliphatic heterocycles. The maximum Gasteiger partial charge on any atom is 0.416 e. The van der Waals surface area contributed by atoms with Crippen LogP contribution in [-0.4, -0.2) is 43.8 Å². The number of nitrogens with zero attached hydrogens (tertiary/aromatic N) is 1. The first-order valence-electron chi connectivity index (χ1n) is 10.4. The maximum absolute atomic E-state index is 13.1. The summed E-state index contributed by atoms with van der Waals surface area (Å²) in [6, 6.07) is 10.5. The molecule has 0 radical (unpaired) electrons. The Bertz CT molecular complexity index is 1100. The molecule has 0 atom stereocenters. The van der Waals surface area contributed by atoms with Crippen molar-refractivity contribution in [1.29, 1.82) is 0 Å². The minimum absolute atomic E-state index is 0.0422. The average molecular weight is 497 g/mol. The summed E-state index contributed by atoms with van der Waals surface area (Å²) >= 11 is 1.55. The monoisotopic (exact) mass is 496 g/mol. The maximum atomic E-state index is 13.1. The summed E-state index contributed by atoms with van der Waals surface area (Å²) in [5.74, 6) is -1.33. The largest absolute Gasteiger partial charge is 0.489 e. The van der Waals surface area contributed by atoms with Crippen LogP contribution in [0.2, 0.25) is 0 Å². The van der Waals surface area contributed by atoms with E-state index in [1.165, 1.54) is 7.11 Å². The quantitative estimate of drug-likeness (QED) is 0.302. The van der Waals surface area contributed by atoms with E-state index in [2.05, 4.69) is 10.3 Å². The summed E-state index contributed by atoms with van der Waals surface area (Å²) in [7, 11) is 1.45. The molecular formula is C23H23F3N2O5S. The number of aryl methyl sites for hydroxylation is 1. The summed E-state index contributed by atoms with van der Waals surface area (Å²) in [4.78, 5) is 28.7. The van der Waals surface area contributed by atoms with Gasteiger partial charge in [-0.2, -0.15) is 13.2 Å². The second-order valence-corrected chi connectivity index (χ2v) is 8.30. The zero-order chi connectivity index (χ0) is 24.6. The van der Waals surface area contributed by atoms with Crippen molar-refractivity contribution in [3.8, 4) is 5.75 Å². The molecule has 1 amide bonds. The van der Waals surface area contributed by atoms with E-state index in [1.807, 2.05) is 24.3 Å². The molecule has 2 aromatic carbocycles. The molecule has 1 aromatic heterocycles. The Labute approximate surface area is 197 Å². The fraction of sp³-hybridized carbons (Fsp3) is 0.348. The molecule has 11 heteroatoms. The third-order valence-electron chi connectivity index (χ3n) is 4.60. The summed E-state index contributed by atoms with van der Waals surface area (Å²) < 4.78 is 55.4. The molecule has 0 bridgehead atoms. The normalized spacial score (nSPS) is 11.4. The van der Waals surface area contributed by atoms with Crippen LogP contribution in [0.25, 0.3) is 10.2 Å². The fourth-order valence-electron chi connectivity index (χ4n) is 2.98. The van der Waals surface area contributed by atoms with Gasteiger partial charge >= 0.3 is 12.1 Å². The summed E-state index contributed by atoms with van der Waals surface area (Å²) in [5.41, 5.74) is -0.224. The number of benzene rings is 2. The van der Waals surface area contributed by atoms with Gasteiger partial charge in [-0.05, 0) is 43.2 Å². The van der Waals surface area contributed by atoms with E-state index in [4.69, 9.17) is 14.2 Å². The Morgan fingerprint density at radius 3 is 2.65 bits per heavy atom. The summed E-state index contributed by atoms with van der Waals surface area (Å²) in [5, 5.41) is 3.21. The lowest BCUT2D eigenvalue weighted by molar-refractivity contribution is -0.147. The predicted octanol–water partition coefficient (Wildman–Crippen LogP) is 4.84. The van der Waals surface area contributed by atoms with Gasteiger partial charge in [0.1, 0.15) is 12.4 Å². The van der Waals surface area contributed by atoms with Gasteiger partial charge in [-0.3, -0.25) is 9.59 Å². The number of aromatic nitrogens is 1. The van der Waals surface area contributed by atoms with Crippen LogP contribution in [0.5, 0.6) is 5.75 Å². The number of ether oxygens (including phenoxy) is 3. The molecule has 0 unspecified atom stereocenters. The number of rotatable bonds is 11. The van der Waals surface area contributed by atoms with Crippen LogP contribution in [0.3, 0.4) is 0 Å². The van der Waals surface area contributed by atoms with E-state index < -0.39 is 30.2 Å². The molecule has 0 saturated heterocycles. The number of nitrogens with one attached hydrogen (secondary N) is 1. The number of para-hydroxylation sites is 1. The number of esters is 1. The first-order chi connectivity index (χ1) is 16.3. The molecule has 0 spiro atoms. The molecular weight excluding hydrogens is 473 g/mol. The van der Waals surface area contributed by atoms with Gasteiger partial charge in [-0.15, -0.1) is 11.3 Å². The van der Waals surface area contributed by atoms with Crippen LogP contribution in [0.1, 0.15) is 23.4 Å². The zero-order valence-corrected chi connectivity index (χ0v) is 19.1. The van der Waals surface area contributed by atoms with Crippen molar-refractivity contribution in [3.05, 3.63) is 53.0 Å². The molecule has 0 aliphatic carbocycles. The van der Waals surface area contributed by atoms with E-state index >= 15 is 0 Å². The molecule has 7 nitrogen and oxygen atoms in total. The third-order valence-corrected chi connectivity index (χ3v) is 5.70. The molecule has 0 aliphatic rings. The third kappa shape index (κ3) is 7.42. The molecule has 3 rings (SSSR count). The van der Waals surface area contributed by atoms with Gasteiger partial charge in [0.05, 0.1) is 33.1 Å². The van der Waals surface area contributed by atoms with Gasteiger partial charge in [-0.25, -0.2) is 4.98 Å². The van der Waals surface area contributed by atoms with Crippen molar-refractivity contribution in [2.24, 2.45) is 0 Å². The van der Waals surface area contributed by atoms with Gasteiger partial charge in [0.15, 0.2) is 6.61 Å². The van der Waals surface area contributed by atoms with Gasteiger partial charge in [0.2, 0.25) is 0 Å². The van der Waals surface area contributed by atoms with Crippen LogP contribution in [0.15, 0.2) is 42.5 Å². The number of carbonyl (C=O) groups is 2. The number of anilines is 1. The highest BCUT2D eigenvalue weighted by Gasteiger charge is 2.31. The minimum atomic E-state index is -4.60. The molecule has 3 aromatic rings. The highest BCUT2D eigenvalue weighted by molar-refractivity contribution is 7.18. The Balaban J connectivity index is 1.49. The molecule has 0 fully saturated rings. The summed E-state index contributed by atoms with van der Waals surface area (Å²) in [6.07, 6.45) is -3.43. The standard InChI is InChI=1S/C23H23F3N2O5S/c1-31-11-12-32-18-10-9-15(23(24,25)26)13-17(18)27-20(29)14-33-22(30)8-4-7-21-28-16-5-2-3-6-19(16)34-21/h2-3,5-6,9-10,13H,4,7-8,11-12,14H2,1H3,(H,27,29). The molecule has 0 saturated carbocycles. The van der Waals surface area contributed by atoms with Crippen LogP contribution >= 0.6 is 11.3 Å². The van der Waals surface area contributed by atoms with Crippen LogP contribution in [0.4, 0.5) is 18.9 Å². The Morgan fingerprint density at radius 2 is 1.91 bits per heavy atom. The van der Waals surface area contributed by atoms with E-state index in [1.54, 1.807) is 11.3 Å². The fourth-order valence-corrected chi connectivity index (χ4v) is 3.99. The van der Waals surface area contributed by atoms with Gasteiger partial charge in [-0.1, -0.05) is 12.1 Å². The number of fused-ring (bicyclic) bond motifs is 1. The SMILES string of the molecule is COCCOc1ccc(C(F)(F)F)cc1NC(=O)COC(=O)CCCc1nc2ccccc2s1. The number of halogens is 3. The van der Waals surface area contributed by atoms with Gasteiger partial charge in [0, 0.05) is 13.5 Å². The number of methoxy groups -OCH3 is 1. The molecule has 182 valence electrons. The Morgan fingerprint density at radius 1 is 1.12 bits per heavy atom. The van der Waals surface area contributed by atoms with Crippen LogP contribution in [-0.2, 0) is 31.7 Å². The van der Waals surface area contributed by atoms with E-state index in [9.17, 15) is 22.8 Å². The van der Waals surface area contributed by atoms with Crippen molar-refractivity contribution in [3.63, 3.8) is 0 Å². The van der Waals surface area contributed by atoms with Gasteiger partial charge < -0.3 is 19.5 Å². The first kappa shape index (κ1) is 25.4. The highest BCUT2D eigenvalue weighted by atomic mass is 32.1. The van der Waals surface area contributed by atoms with E-state index in [-0.39, 0.29) is 31.1 Å². The minimum Gasteiger partial charge on any atom is -0.489 e. The van der Waals surface area contributed by atoms with E-state index in [0.29, 0.717) is 12.8 Å². The average Bonchev–Trinajstić information content (AvgIpc) is 3.21. The van der Waals surface area contributed by atoms with Crippen molar-refractivity contribution in [1.82, 2.24) is 4.98 Å². The second-order valence-electron chi connectivity index (χ2n) is 7.19. The summed E-state index contributed by atoms with van der Waals surface area (Å²) in [6.45, 7) is -0.342. The number of amides is 1. The van der Waals surface area contributed by atoms with Crippen LogP contribution in [0, 0.1) is 0 Å². The van der Waals surface area contributed by atoms with Crippen molar-refractivity contribution < 1.29 is 37.0 Å². The zero-order valence-electron chi connectivity index (χ0n) is 18.3. The molecule has 1 heterocycles. The topological polar surface area (TPSA) is 86.8 Å². The van der Waals surface area contributed by atoms with E-state index in [0.717, 1.165) is 33.4 Å². The highest BCUT2D eigenvalue weighted by Crippen LogP contribution is 2.35. The Hall–Kier alpha value is -3.18.